The molecule has 0 spiro atoms. The van der Waals surface area contributed by atoms with Gasteiger partial charge in [-0.15, -0.1) is 0 Å². The Labute approximate surface area is 109 Å². The van der Waals surface area contributed by atoms with Crippen molar-refractivity contribution in [3.05, 3.63) is 0 Å². The minimum absolute atomic E-state index is 0.220. The molecule has 1 rings (SSSR count). The fourth-order valence-electron chi connectivity index (χ4n) is 1.69. The highest BCUT2D eigenvalue weighted by Gasteiger charge is 2.48. The van der Waals surface area contributed by atoms with Crippen molar-refractivity contribution < 1.29 is 38.4 Å². The molecule has 0 radical (unpaired) electrons. The maximum absolute atomic E-state index is 11.0. The molecule has 8 nitrogen and oxygen atoms in total. The van der Waals surface area contributed by atoms with Crippen LogP contribution in [0.1, 0.15) is 20.8 Å². The number of aliphatic hydroxyl groups excluding tert-OH is 1. The van der Waals surface area contributed by atoms with Gasteiger partial charge in [0.15, 0.2) is 18.5 Å². The summed E-state index contributed by atoms with van der Waals surface area (Å²) < 4.78 is 19.6. The molecular formula is C11H16O8. The molecule has 4 atom stereocenters. The van der Waals surface area contributed by atoms with Gasteiger partial charge in [-0.2, -0.15) is 0 Å². The molecule has 108 valence electrons. The van der Waals surface area contributed by atoms with Gasteiger partial charge in [-0.1, -0.05) is 0 Å². The second-order valence-electron chi connectivity index (χ2n) is 4.02. The van der Waals surface area contributed by atoms with Gasteiger partial charge in [-0.05, 0) is 0 Å². The summed E-state index contributed by atoms with van der Waals surface area (Å²) in [5, 5.41) is 9.63. The lowest BCUT2D eigenvalue weighted by molar-refractivity contribution is -0.174. The topological polar surface area (TPSA) is 108 Å². The second kappa shape index (κ2) is 6.48. The lowest BCUT2D eigenvalue weighted by Crippen LogP contribution is -2.41. The first-order chi connectivity index (χ1) is 8.81. The van der Waals surface area contributed by atoms with E-state index in [0.29, 0.717) is 0 Å². The van der Waals surface area contributed by atoms with Crippen LogP contribution in [-0.2, 0) is 33.3 Å². The average Bonchev–Trinajstić information content (AvgIpc) is 2.53. The van der Waals surface area contributed by atoms with Gasteiger partial charge in [0.1, 0.15) is 12.7 Å². The smallest absolute Gasteiger partial charge is 0.303 e. The van der Waals surface area contributed by atoms with E-state index in [-0.39, 0.29) is 6.61 Å². The monoisotopic (exact) mass is 276 g/mol. The quantitative estimate of drug-likeness (QED) is 0.521. The van der Waals surface area contributed by atoms with Crippen LogP contribution in [0.15, 0.2) is 0 Å². The maximum Gasteiger partial charge on any atom is 0.303 e. The summed E-state index contributed by atoms with van der Waals surface area (Å²) in [7, 11) is 0. The molecule has 1 unspecified atom stereocenters. The Morgan fingerprint density at radius 1 is 1.00 bits per heavy atom. The molecule has 19 heavy (non-hydrogen) atoms. The van der Waals surface area contributed by atoms with Crippen LogP contribution >= 0.6 is 0 Å². The molecule has 1 fully saturated rings. The van der Waals surface area contributed by atoms with Crippen molar-refractivity contribution in [3.8, 4) is 0 Å². The highest BCUT2D eigenvalue weighted by atomic mass is 16.7. The van der Waals surface area contributed by atoms with Crippen LogP contribution in [0.2, 0.25) is 0 Å². The van der Waals surface area contributed by atoms with Gasteiger partial charge in [0.05, 0.1) is 0 Å². The lowest BCUT2D eigenvalue weighted by Gasteiger charge is -2.21. The van der Waals surface area contributed by atoms with Crippen LogP contribution in [0.4, 0.5) is 0 Å². The molecular weight excluding hydrogens is 260 g/mol. The molecule has 8 heteroatoms. The number of carbonyl (C=O) groups is 3. The summed E-state index contributed by atoms with van der Waals surface area (Å²) >= 11 is 0. The molecule has 0 aromatic heterocycles. The molecule has 0 aromatic carbocycles. The van der Waals surface area contributed by atoms with E-state index < -0.39 is 42.5 Å². The predicted octanol–water partition coefficient (Wildman–Crippen LogP) is -0.870. The van der Waals surface area contributed by atoms with Gasteiger partial charge in [0.2, 0.25) is 0 Å². The zero-order valence-electron chi connectivity index (χ0n) is 10.8. The fraction of sp³-hybridized carbons (Fsp3) is 0.727. The zero-order valence-corrected chi connectivity index (χ0v) is 10.8. The molecule has 0 aliphatic carbocycles. The molecule has 0 amide bonds. The number of carbonyl (C=O) groups excluding carboxylic acids is 3. The van der Waals surface area contributed by atoms with Crippen LogP contribution in [0.3, 0.4) is 0 Å². The molecule has 0 aromatic rings. The average molecular weight is 276 g/mol. The van der Waals surface area contributed by atoms with Crippen molar-refractivity contribution in [2.75, 3.05) is 6.61 Å². The highest BCUT2D eigenvalue weighted by molar-refractivity contribution is 5.67. The summed E-state index contributed by atoms with van der Waals surface area (Å²) in [5.41, 5.74) is 0. The van der Waals surface area contributed by atoms with Gasteiger partial charge < -0.3 is 24.1 Å². The Morgan fingerprint density at radius 2 is 1.53 bits per heavy atom. The van der Waals surface area contributed by atoms with Crippen LogP contribution < -0.4 is 0 Å². The minimum atomic E-state index is -1.45. The first-order valence-corrected chi connectivity index (χ1v) is 5.62. The van der Waals surface area contributed by atoms with Crippen LogP contribution in [0.5, 0.6) is 0 Å². The summed E-state index contributed by atoms with van der Waals surface area (Å²) in [4.78, 5) is 32.7. The number of hydrogen-bond acceptors (Lipinski definition) is 8. The fourth-order valence-corrected chi connectivity index (χ4v) is 1.69. The second-order valence-corrected chi connectivity index (χ2v) is 4.02. The van der Waals surface area contributed by atoms with Gasteiger partial charge in [0, 0.05) is 20.8 Å². The number of ether oxygens (including phenoxy) is 4. The van der Waals surface area contributed by atoms with Gasteiger partial charge in [-0.3, -0.25) is 14.4 Å². The van der Waals surface area contributed by atoms with Crippen molar-refractivity contribution in [3.63, 3.8) is 0 Å². The first kappa shape index (κ1) is 15.4. The Hall–Kier alpha value is -1.67. The number of aliphatic hydroxyl groups is 1. The van der Waals surface area contributed by atoms with E-state index in [2.05, 4.69) is 0 Å². The zero-order chi connectivity index (χ0) is 14.6. The van der Waals surface area contributed by atoms with Crippen LogP contribution in [0.25, 0.3) is 0 Å². The number of esters is 3. The third-order valence-electron chi connectivity index (χ3n) is 2.34. The van der Waals surface area contributed by atoms with Crippen molar-refractivity contribution >= 4 is 17.9 Å². The van der Waals surface area contributed by atoms with Gasteiger partial charge >= 0.3 is 17.9 Å². The molecule has 1 saturated heterocycles. The molecule has 1 aliphatic rings. The van der Waals surface area contributed by atoms with E-state index in [9.17, 15) is 19.5 Å². The number of hydrogen-bond donors (Lipinski definition) is 1. The summed E-state index contributed by atoms with van der Waals surface area (Å²) in [5.74, 6) is -1.83. The van der Waals surface area contributed by atoms with Crippen molar-refractivity contribution in [1.82, 2.24) is 0 Å². The summed E-state index contributed by atoms with van der Waals surface area (Å²) in [6.45, 7) is 3.30. The van der Waals surface area contributed by atoms with E-state index in [1.165, 1.54) is 13.8 Å². The SMILES string of the molecule is CC(=O)OCC1O[C@@H](O)[C@H](OC(C)=O)[C@@H]1OC(C)=O. The lowest BCUT2D eigenvalue weighted by atomic mass is 10.1. The summed E-state index contributed by atoms with van der Waals surface area (Å²) in [6, 6.07) is 0. The molecule has 0 saturated carbocycles. The predicted molar refractivity (Wildman–Crippen MR) is 58.6 cm³/mol. The summed E-state index contributed by atoms with van der Waals surface area (Å²) in [6.07, 6.45) is -4.53. The normalized spacial score (nSPS) is 29.7. The molecule has 0 bridgehead atoms. The van der Waals surface area contributed by atoms with Gasteiger partial charge in [-0.25, -0.2) is 0 Å². The molecule has 1 N–H and O–H groups in total. The Balaban J connectivity index is 2.76. The maximum atomic E-state index is 11.0. The van der Waals surface area contributed by atoms with E-state index in [1.807, 2.05) is 0 Å². The van der Waals surface area contributed by atoms with E-state index in [4.69, 9.17) is 18.9 Å². The van der Waals surface area contributed by atoms with Crippen LogP contribution in [0, 0.1) is 0 Å². The van der Waals surface area contributed by atoms with E-state index in [1.54, 1.807) is 0 Å². The van der Waals surface area contributed by atoms with Crippen molar-refractivity contribution in [2.45, 2.75) is 45.4 Å². The van der Waals surface area contributed by atoms with E-state index in [0.717, 1.165) is 6.92 Å². The van der Waals surface area contributed by atoms with E-state index >= 15 is 0 Å². The Morgan fingerprint density at radius 3 is 2.00 bits per heavy atom. The Kier molecular flexibility index (Phi) is 5.25. The minimum Gasteiger partial charge on any atom is -0.463 e. The third kappa shape index (κ3) is 4.49. The number of rotatable bonds is 4. The Bertz CT molecular complexity index is 366. The first-order valence-electron chi connectivity index (χ1n) is 5.62. The largest absolute Gasteiger partial charge is 0.463 e. The van der Waals surface area contributed by atoms with Crippen LogP contribution in [-0.4, -0.2) is 54.2 Å². The highest BCUT2D eigenvalue weighted by Crippen LogP contribution is 2.26. The van der Waals surface area contributed by atoms with Crippen molar-refractivity contribution in [2.24, 2.45) is 0 Å². The standard InChI is InChI=1S/C11H16O8/c1-5(12)16-4-8-9(17-6(2)13)10(11(15)19-8)18-7(3)14/h8-11,15H,4H2,1-3H3/t8?,9-,10-,11-/m1/s1. The molecule has 1 heterocycles. The van der Waals surface area contributed by atoms with Gasteiger partial charge in [0.25, 0.3) is 0 Å². The van der Waals surface area contributed by atoms with Crippen molar-refractivity contribution in [1.29, 1.82) is 0 Å². The third-order valence-corrected chi connectivity index (χ3v) is 2.34. The molecule has 1 aliphatic heterocycles.